The Labute approximate surface area is 258 Å². The average Bonchev–Trinajstić information content (AvgIpc) is 3.52. The number of carbonyl (C=O) groups is 2. The standard InChI is InChI=1S/C32H38ClN3O6S/c1-22-9-11-24(12-10-22)20-35(23(2)32(38)34-26-7-5-6-8-26)31(37)21-36(27-15-13-25(33)14-16-27)43(39,40)28-17-18-29(41-3)30(19-28)42-4/h9-19,23,26H,5-8,20-21H2,1-4H3,(H,34,38)/t23-/m0/s1. The Kier molecular flexibility index (Phi) is 10.6. The Morgan fingerprint density at radius 2 is 1.58 bits per heavy atom. The Morgan fingerprint density at radius 3 is 2.19 bits per heavy atom. The first-order valence-corrected chi connectivity index (χ1v) is 16.0. The summed E-state index contributed by atoms with van der Waals surface area (Å²) in [5.74, 6) is -0.215. The van der Waals surface area contributed by atoms with Gasteiger partial charge in [0.1, 0.15) is 12.6 Å². The second-order valence-corrected chi connectivity index (χ2v) is 13.0. The van der Waals surface area contributed by atoms with Crippen LogP contribution in [0.1, 0.15) is 43.7 Å². The molecular formula is C32H38ClN3O6S. The van der Waals surface area contributed by atoms with Crippen LogP contribution in [0.5, 0.6) is 11.5 Å². The van der Waals surface area contributed by atoms with Crippen molar-refractivity contribution in [3.8, 4) is 11.5 Å². The molecule has 0 aromatic heterocycles. The van der Waals surface area contributed by atoms with Crippen molar-refractivity contribution in [2.45, 2.75) is 63.1 Å². The number of methoxy groups -OCH3 is 2. The van der Waals surface area contributed by atoms with Gasteiger partial charge in [-0.3, -0.25) is 13.9 Å². The molecule has 1 saturated carbocycles. The molecule has 9 nitrogen and oxygen atoms in total. The molecule has 11 heteroatoms. The van der Waals surface area contributed by atoms with Gasteiger partial charge < -0.3 is 19.7 Å². The predicted molar refractivity (Wildman–Crippen MR) is 167 cm³/mol. The molecule has 0 bridgehead atoms. The number of nitrogens with zero attached hydrogens (tertiary/aromatic N) is 2. The van der Waals surface area contributed by atoms with Crippen LogP contribution in [0.3, 0.4) is 0 Å². The van der Waals surface area contributed by atoms with Crippen molar-refractivity contribution >= 4 is 39.1 Å². The van der Waals surface area contributed by atoms with Gasteiger partial charge in [0.25, 0.3) is 10.0 Å². The van der Waals surface area contributed by atoms with Gasteiger partial charge in [-0.2, -0.15) is 0 Å². The van der Waals surface area contributed by atoms with E-state index in [1.807, 2.05) is 31.2 Å². The molecule has 0 radical (unpaired) electrons. The zero-order valence-corrected chi connectivity index (χ0v) is 26.5. The summed E-state index contributed by atoms with van der Waals surface area (Å²) in [5.41, 5.74) is 2.12. The first-order valence-electron chi connectivity index (χ1n) is 14.2. The summed E-state index contributed by atoms with van der Waals surface area (Å²) in [6, 6.07) is 17.3. The number of sulfonamides is 1. The summed E-state index contributed by atoms with van der Waals surface area (Å²) in [6.45, 7) is 3.22. The van der Waals surface area contributed by atoms with Crippen molar-refractivity contribution in [2.24, 2.45) is 0 Å². The number of aryl methyl sites for hydroxylation is 1. The average molecular weight is 628 g/mol. The Morgan fingerprint density at radius 1 is 0.953 bits per heavy atom. The summed E-state index contributed by atoms with van der Waals surface area (Å²) in [7, 11) is -1.42. The number of rotatable bonds is 12. The molecule has 1 atom stereocenters. The third-order valence-electron chi connectivity index (χ3n) is 7.68. The van der Waals surface area contributed by atoms with E-state index < -0.39 is 28.5 Å². The van der Waals surface area contributed by atoms with Crippen LogP contribution in [0, 0.1) is 6.92 Å². The lowest BCUT2D eigenvalue weighted by molar-refractivity contribution is -0.139. The zero-order valence-electron chi connectivity index (χ0n) is 24.9. The highest BCUT2D eigenvalue weighted by atomic mass is 35.5. The number of anilines is 1. The van der Waals surface area contributed by atoms with E-state index in [9.17, 15) is 18.0 Å². The minimum absolute atomic E-state index is 0.0715. The maximum atomic E-state index is 14.1. The van der Waals surface area contributed by atoms with Crippen LogP contribution < -0.4 is 19.1 Å². The maximum absolute atomic E-state index is 14.1. The number of benzene rings is 3. The first-order chi connectivity index (χ1) is 20.5. The molecule has 1 N–H and O–H groups in total. The van der Waals surface area contributed by atoms with Crippen LogP contribution in [-0.4, -0.2) is 58.0 Å². The van der Waals surface area contributed by atoms with E-state index in [0.29, 0.717) is 10.8 Å². The minimum Gasteiger partial charge on any atom is -0.493 e. The first kappa shape index (κ1) is 32.2. The molecule has 1 aliphatic rings. The maximum Gasteiger partial charge on any atom is 0.264 e. The van der Waals surface area contributed by atoms with Crippen LogP contribution in [-0.2, 0) is 26.2 Å². The number of ether oxygens (including phenoxy) is 2. The molecular weight excluding hydrogens is 590 g/mol. The van der Waals surface area contributed by atoms with Crippen molar-refractivity contribution in [1.82, 2.24) is 10.2 Å². The summed E-state index contributed by atoms with van der Waals surface area (Å²) in [5, 5.41) is 3.49. The Balaban J connectivity index is 1.71. The second kappa shape index (κ2) is 14.1. The highest BCUT2D eigenvalue weighted by Gasteiger charge is 2.33. The number of amides is 2. The van der Waals surface area contributed by atoms with Gasteiger partial charge in [-0.15, -0.1) is 0 Å². The van der Waals surface area contributed by atoms with Crippen LogP contribution >= 0.6 is 11.6 Å². The summed E-state index contributed by atoms with van der Waals surface area (Å²) in [6.07, 6.45) is 3.90. The van der Waals surface area contributed by atoms with Crippen LogP contribution in [0.4, 0.5) is 5.69 Å². The van der Waals surface area contributed by atoms with E-state index in [4.69, 9.17) is 21.1 Å². The molecule has 3 aromatic carbocycles. The molecule has 4 rings (SSSR count). The SMILES string of the molecule is COc1ccc(S(=O)(=O)N(CC(=O)N(Cc2ccc(C)cc2)[C@@H](C)C(=O)NC2CCCC2)c2ccc(Cl)cc2)cc1OC. The molecule has 0 saturated heterocycles. The van der Waals surface area contributed by atoms with Crippen molar-refractivity contribution < 1.29 is 27.5 Å². The third kappa shape index (κ3) is 7.80. The van der Waals surface area contributed by atoms with Gasteiger partial charge in [0, 0.05) is 23.7 Å². The van der Waals surface area contributed by atoms with Gasteiger partial charge in [0.15, 0.2) is 11.5 Å². The number of hydrogen-bond acceptors (Lipinski definition) is 6. The normalized spacial score (nSPS) is 14.2. The third-order valence-corrected chi connectivity index (χ3v) is 9.70. The van der Waals surface area contributed by atoms with Gasteiger partial charge >= 0.3 is 0 Å². The minimum atomic E-state index is -4.29. The quantitative estimate of drug-likeness (QED) is 0.291. The van der Waals surface area contributed by atoms with E-state index in [2.05, 4.69) is 5.32 Å². The van der Waals surface area contributed by atoms with E-state index in [1.165, 1.54) is 49.5 Å². The Bertz CT molecular complexity index is 1520. The largest absolute Gasteiger partial charge is 0.493 e. The topological polar surface area (TPSA) is 105 Å². The molecule has 0 heterocycles. The van der Waals surface area contributed by atoms with Crippen LogP contribution in [0.15, 0.2) is 71.6 Å². The number of carbonyl (C=O) groups excluding carboxylic acids is 2. The number of halogens is 1. The lowest BCUT2D eigenvalue weighted by Gasteiger charge is -2.32. The van der Waals surface area contributed by atoms with Crippen molar-refractivity contribution in [3.05, 3.63) is 82.9 Å². The smallest absolute Gasteiger partial charge is 0.264 e. The fraction of sp³-hybridized carbons (Fsp3) is 0.375. The zero-order chi connectivity index (χ0) is 31.1. The molecule has 0 spiro atoms. The molecule has 1 fully saturated rings. The molecule has 43 heavy (non-hydrogen) atoms. The van der Waals surface area contributed by atoms with E-state index >= 15 is 0 Å². The van der Waals surface area contributed by atoms with Gasteiger partial charge in [-0.05, 0) is 68.7 Å². The molecule has 1 aliphatic carbocycles. The number of hydrogen-bond donors (Lipinski definition) is 1. The summed E-state index contributed by atoms with van der Waals surface area (Å²) < 4.78 is 39.9. The van der Waals surface area contributed by atoms with Crippen LogP contribution in [0.2, 0.25) is 5.02 Å². The molecule has 230 valence electrons. The second-order valence-electron chi connectivity index (χ2n) is 10.7. The Hall–Kier alpha value is -3.76. The highest BCUT2D eigenvalue weighted by Crippen LogP contribution is 2.33. The molecule has 2 amide bonds. The highest BCUT2D eigenvalue weighted by molar-refractivity contribution is 7.92. The fourth-order valence-electron chi connectivity index (χ4n) is 5.11. The van der Waals surface area contributed by atoms with E-state index in [1.54, 1.807) is 19.1 Å². The van der Waals surface area contributed by atoms with Crippen molar-refractivity contribution in [1.29, 1.82) is 0 Å². The lowest BCUT2D eigenvalue weighted by Crippen LogP contribution is -2.52. The monoisotopic (exact) mass is 627 g/mol. The van der Waals surface area contributed by atoms with Gasteiger partial charge in [-0.1, -0.05) is 54.3 Å². The van der Waals surface area contributed by atoms with Crippen molar-refractivity contribution in [2.75, 3.05) is 25.1 Å². The fourth-order valence-corrected chi connectivity index (χ4v) is 6.66. The molecule has 0 aliphatic heterocycles. The van der Waals surface area contributed by atoms with E-state index in [0.717, 1.165) is 41.1 Å². The molecule has 3 aromatic rings. The number of nitrogens with one attached hydrogen (secondary N) is 1. The predicted octanol–water partition coefficient (Wildman–Crippen LogP) is 5.34. The summed E-state index contributed by atoms with van der Waals surface area (Å²) >= 11 is 6.11. The van der Waals surface area contributed by atoms with Crippen LogP contribution in [0.25, 0.3) is 0 Å². The van der Waals surface area contributed by atoms with Gasteiger partial charge in [0.2, 0.25) is 11.8 Å². The van der Waals surface area contributed by atoms with Crippen molar-refractivity contribution in [3.63, 3.8) is 0 Å². The van der Waals surface area contributed by atoms with E-state index in [-0.39, 0.29) is 34.8 Å². The summed E-state index contributed by atoms with van der Waals surface area (Å²) in [4.78, 5) is 28.8. The molecule has 0 unspecified atom stereocenters. The van der Waals surface area contributed by atoms with Gasteiger partial charge in [0.05, 0.1) is 24.8 Å². The lowest BCUT2D eigenvalue weighted by atomic mass is 10.1. The van der Waals surface area contributed by atoms with Gasteiger partial charge in [-0.25, -0.2) is 8.42 Å².